The van der Waals surface area contributed by atoms with E-state index in [1.807, 2.05) is 17.0 Å². The monoisotopic (exact) mass is 440 g/mol. The minimum atomic E-state index is -0.390. The van der Waals surface area contributed by atoms with E-state index in [0.717, 1.165) is 49.6 Å². The highest BCUT2D eigenvalue weighted by Gasteiger charge is 2.26. The van der Waals surface area contributed by atoms with E-state index in [1.165, 1.54) is 17.7 Å². The molecule has 1 saturated heterocycles. The van der Waals surface area contributed by atoms with E-state index in [4.69, 9.17) is 9.47 Å². The van der Waals surface area contributed by atoms with Gasteiger partial charge in [0, 0.05) is 57.1 Å². The molecule has 9 nitrogen and oxygen atoms in total. The van der Waals surface area contributed by atoms with Crippen LogP contribution in [0.1, 0.15) is 11.1 Å². The van der Waals surface area contributed by atoms with E-state index in [0.29, 0.717) is 25.4 Å². The van der Waals surface area contributed by atoms with Gasteiger partial charge in [0.15, 0.2) is 11.5 Å². The Bertz CT molecular complexity index is 987. The van der Waals surface area contributed by atoms with Gasteiger partial charge in [-0.05, 0) is 41.8 Å². The van der Waals surface area contributed by atoms with E-state index in [-0.39, 0.29) is 16.5 Å². The summed E-state index contributed by atoms with van der Waals surface area (Å²) in [7, 11) is 3.25. The molecule has 9 heteroatoms. The van der Waals surface area contributed by atoms with Crippen molar-refractivity contribution in [3.8, 4) is 11.5 Å². The highest BCUT2D eigenvalue weighted by atomic mass is 16.6. The van der Waals surface area contributed by atoms with Crippen LogP contribution in [-0.2, 0) is 17.8 Å². The van der Waals surface area contributed by atoms with Crippen molar-refractivity contribution in [2.75, 3.05) is 58.4 Å². The Labute approximate surface area is 187 Å². The van der Waals surface area contributed by atoms with Crippen LogP contribution in [0.2, 0.25) is 0 Å². The molecule has 2 aromatic carbocycles. The second-order valence-electron chi connectivity index (χ2n) is 8.08. The summed E-state index contributed by atoms with van der Waals surface area (Å²) in [6.07, 6.45) is 0.801. The highest BCUT2D eigenvalue weighted by Crippen LogP contribution is 2.33. The molecule has 0 radical (unpaired) electrons. The number of non-ortho nitro benzene ring substituents is 1. The molecule has 0 N–H and O–H groups in total. The number of nitro benzene ring substituents is 1. The Kier molecular flexibility index (Phi) is 6.45. The minimum Gasteiger partial charge on any atom is -0.493 e. The zero-order chi connectivity index (χ0) is 22.7. The van der Waals surface area contributed by atoms with Crippen molar-refractivity contribution in [2.24, 2.45) is 0 Å². The molecule has 0 saturated carbocycles. The maximum Gasteiger partial charge on any atom is 0.269 e. The molecule has 0 spiro atoms. The van der Waals surface area contributed by atoms with Crippen molar-refractivity contribution in [3.05, 3.63) is 57.6 Å². The van der Waals surface area contributed by atoms with Crippen LogP contribution in [0, 0.1) is 10.1 Å². The Morgan fingerprint density at radius 1 is 0.969 bits per heavy atom. The van der Waals surface area contributed by atoms with E-state index in [1.54, 1.807) is 26.4 Å². The summed E-state index contributed by atoms with van der Waals surface area (Å²) in [6, 6.07) is 10.6. The van der Waals surface area contributed by atoms with Crippen molar-refractivity contribution in [1.29, 1.82) is 0 Å². The molecule has 2 aliphatic heterocycles. The number of piperazine rings is 1. The number of hydrogen-bond donors (Lipinski definition) is 0. The zero-order valence-electron chi connectivity index (χ0n) is 18.5. The summed E-state index contributed by atoms with van der Waals surface area (Å²) in [5.41, 5.74) is 3.37. The third-order valence-electron chi connectivity index (χ3n) is 6.23. The molecular formula is C23H28N4O5. The van der Waals surface area contributed by atoms with Crippen LogP contribution in [0.15, 0.2) is 36.4 Å². The molecule has 0 unspecified atom stereocenters. The lowest BCUT2D eigenvalue weighted by Gasteiger charge is -2.37. The van der Waals surface area contributed by atoms with Gasteiger partial charge in [-0.15, -0.1) is 0 Å². The van der Waals surface area contributed by atoms with Crippen LogP contribution in [0.5, 0.6) is 11.5 Å². The largest absolute Gasteiger partial charge is 0.493 e. The number of hydrogen-bond acceptors (Lipinski definition) is 7. The summed E-state index contributed by atoms with van der Waals surface area (Å²) in [5.74, 6) is 1.54. The number of nitro groups is 1. The van der Waals surface area contributed by atoms with Crippen molar-refractivity contribution >= 4 is 17.3 Å². The lowest BCUT2D eigenvalue weighted by molar-refractivity contribution is -0.384. The second-order valence-corrected chi connectivity index (χ2v) is 8.08. The van der Waals surface area contributed by atoms with Gasteiger partial charge in [0.1, 0.15) is 0 Å². The smallest absolute Gasteiger partial charge is 0.269 e. The summed E-state index contributed by atoms with van der Waals surface area (Å²) in [5, 5.41) is 10.8. The fourth-order valence-electron chi connectivity index (χ4n) is 4.34. The number of fused-ring (bicyclic) bond motifs is 1. The Morgan fingerprint density at radius 2 is 1.59 bits per heavy atom. The average Bonchev–Trinajstić information content (AvgIpc) is 2.83. The summed E-state index contributed by atoms with van der Waals surface area (Å²) in [6.45, 7) is 4.80. The first-order chi connectivity index (χ1) is 15.5. The molecule has 0 aromatic heterocycles. The molecule has 4 rings (SSSR count). The van der Waals surface area contributed by atoms with E-state index in [2.05, 4.69) is 9.80 Å². The van der Waals surface area contributed by atoms with E-state index in [9.17, 15) is 14.9 Å². The number of carbonyl (C=O) groups is 1. The number of benzene rings is 2. The molecule has 0 aliphatic carbocycles. The summed E-state index contributed by atoms with van der Waals surface area (Å²) >= 11 is 0. The zero-order valence-corrected chi connectivity index (χ0v) is 18.5. The molecule has 2 aliphatic rings. The number of amides is 1. The number of anilines is 1. The molecule has 1 amide bonds. The van der Waals surface area contributed by atoms with Crippen molar-refractivity contribution in [1.82, 2.24) is 9.80 Å². The fraction of sp³-hybridized carbons (Fsp3) is 0.435. The van der Waals surface area contributed by atoms with E-state index >= 15 is 0 Å². The fourth-order valence-corrected chi connectivity index (χ4v) is 4.34. The average molecular weight is 441 g/mol. The topological polar surface area (TPSA) is 88.4 Å². The van der Waals surface area contributed by atoms with Gasteiger partial charge in [0.2, 0.25) is 5.91 Å². The molecule has 2 aromatic rings. The first kappa shape index (κ1) is 21.9. The van der Waals surface area contributed by atoms with Gasteiger partial charge in [-0.2, -0.15) is 0 Å². The van der Waals surface area contributed by atoms with Gasteiger partial charge in [-0.1, -0.05) is 0 Å². The van der Waals surface area contributed by atoms with E-state index < -0.39 is 0 Å². The Morgan fingerprint density at radius 3 is 2.19 bits per heavy atom. The van der Waals surface area contributed by atoms with Crippen molar-refractivity contribution in [3.63, 3.8) is 0 Å². The number of rotatable bonds is 6. The number of nitrogens with zero attached hydrogens (tertiary/aromatic N) is 4. The standard InChI is InChI=1S/C23H28N4O5/c1-31-21-13-17-7-8-26(15-18(17)14-22(21)32-2)23(28)16-24-9-11-25(12-10-24)19-3-5-20(6-4-19)27(29)30/h3-6,13-14H,7-12,15-16H2,1-2H3. The molecule has 170 valence electrons. The van der Waals surface area contributed by atoms with Crippen LogP contribution in [0.3, 0.4) is 0 Å². The SMILES string of the molecule is COc1cc2c(cc1OC)CN(C(=O)CN1CCN(c3ccc([N+](=O)[O-])cc3)CC1)CC2. The van der Waals surface area contributed by atoms with Crippen LogP contribution >= 0.6 is 0 Å². The predicted molar refractivity (Wildman–Crippen MR) is 120 cm³/mol. The molecule has 1 fully saturated rings. The van der Waals surface area contributed by atoms with Gasteiger partial charge in [0.05, 0.1) is 25.7 Å². The highest BCUT2D eigenvalue weighted by molar-refractivity contribution is 5.78. The van der Waals surface area contributed by atoms with Crippen LogP contribution in [0.25, 0.3) is 0 Å². The van der Waals surface area contributed by atoms with Crippen LogP contribution < -0.4 is 14.4 Å². The molecule has 32 heavy (non-hydrogen) atoms. The van der Waals surface area contributed by atoms with Gasteiger partial charge in [-0.25, -0.2) is 0 Å². The number of ether oxygens (including phenoxy) is 2. The third-order valence-corrected chi connectivity index (χ3v) is 6.23. The van der Waals surface area contributed by atoms with Crippen LogP contribution in [-0.4, -0.2) is 74.1 Å². The number of methoxy groups -OCH3 is 2. The van der Waals surface area contributed by atoms with Gasteiger partial charge in [-0.3, -0.25) is 19.8 Å². The molecule has 2 heterocycles. The normalized spacial score (nSPS) is 16.4. The molecule has 0 bridgehead atoms. The lowest BCUT2D eigenvalue weighted by Crippen LogP contribution is -2.50. The maximum atomic E-state index is 13.0. The van der Waals surface area contributed by atoms with Crippen LogP contribution in [0.4, 0.5) is 11.4 Å². The van der Waals surface area contributed by atoms with Gasteiger partial charge >= 0.3 is 0 Å². The molecule has 0 atom stereocenters. The van der Waals surface area contributed by atoms with Gasteiger partial charge in [0.25, 0.3) is 5.69 Å². The summed E-state index contributed by atoms with van der Waals surface area (Å²) < 4.78 is 10.8. The minimum absolute atomic E-state index is 0.0946. The van der Waals surface area contributed by atoms with Crippen molar-refractivity contribution < 1.29 is 19.2 Å². The number of carbonyl (C=O) groups excluding carboxylic acids is 1. The second kappa shape index (κ2) is 9.44. The first-order valence-electron chi connectivity index (χ1n) is 10.7. The van der Waals surface area contributed by atoms with Crippen molar-refractivity contribution in [2.45, 2.75) is 13.0 Å². The molecular weight excluding hydrogens is 412 g/mol. The lowest BCUT2D eigenvalue weighted by atomic mass is 9.98. The third kappa shape index (κ3) is 4.62. The maximum absolute atomic E-state index is 13.0. The van der Waals surface area contributed by atoms with Gasteiger partial charge < -0.3 is 19.3 Å². The predicted octanol–water partition coefficient (Wildman–Crippen LogP) is 2.32. The Hall–Kier alpha value is -3.33. The summed E-state index contributed by atoms with van der Waals surface area (Å²) in [4.78, 5) is 29.7. The quantitative estimate of drug-likeness (QED) is 0.503. The Balaban J connectivity index is 1.31. The first-order valence-corrected chi connectivity index (χ1v) is 10.7.